The number of carboxylic acid groups (broad SMARTS) is 1. The maximum atomic E-state index is 12.9. The lowest BCUT2D eigenvalue weighted by molar-refractivity contribution is 0.0694. The molecule has 0 bridgehead atoms. The summed E-state index contributed by atoms with van der Waals surface area (Å²) in [5, 5.41) is 12.2. The van der Waals surface area contributed by atoms with E-state index < -0.39 is 5.97 Å². The van der Waals surface area contributed by atoms with Crippen LogP contribution >= 0.6 is 11.3 Å². The summed E-state index contributed by atoms with van der Waals surface area (Å²) in [6.45, 7) is 4.23. The fourth-order valence-electron chi connectivity index (χ4n) is 2.94. The summed E-state index contributed by atoms with van der Waals surface area (Å²) in [6.07, 6.45) is 4.68. The van der Waals surface area contributed by atoms with Crippen LogP contribution in [0, 0.1) is 0 Å². The third-order valence-electron chi connectivity index (χ3n) is 4.14. The molecule has 6 nitrogen and oxygen atoms in total. The zero-order valence-corrected chi connectivity index (χ0v) is 15.4. The maximum absolute atomic E-state index is 12.9. The van der Waals surface area contributed by atoms with Gasteiger partial charge >= 0.3 is 5.97 Å². The molecule has 0 aliphatic carbocycles. The Labute approximate surface area is 154 Å². The quantitative estimate of drug-likeness (QED) is 0.716. The Morgan fingerprint density at radius 3 is 2.62 bits per heavy atom. The molecule has 0 aliphatic heterocycles. The van der Waals surface area contributed by atoms with Crippen molar-refractivity contribution in [3.05, 3.63) is 57.6 Å². The van der Waals surface area contributed by atoms with Crippen LogP contribution in [0.5, 0.6) is 0 Å². The van der Waals surface area contributed by atoms with E-state index in [2.05, 4.69) is 9.97 Å². The third-order valence-corrected chi connectivity index (χ3v) is 5.03. The lowest BCUT2D eigenvalue weighted by atomic mass is 10.0. The second-order valence-electron chi connectivity index (χ2n) is 5.80. The molecule has 3 rings (SSSR count). The highest BCUT2D eigenvalue weighted by Gasteiger charge is 2.20. The monoisotopic (exact) mass is 369 g/mol. The molecule has 3 aromatic rings. The van der Waals surface area contributed by atoms with Gasteiger partial charge in [-0.15, -0.1) is 11.3 Å². The van der Waals surface area contributed by atoms with Gasteiger partial charge in [0, 0.05) is 35.6 Å². The Kier molecular flexibility index (Phi) is 5.27. The van der Waals surface area contributed by atoms with Crippen LogP contribution in [0.2, 0.25) is 0 Å². The first kappa shape index (κ1) is 18.0. The van der Waals surface area contributed by atoms with Crippen molar-refractivity contribution >= 4 is 17.3 Å². The number of hydrogen-bond acceptors (Lipinski definition) is 5. The van der Waals surface area contributed by atoms with Gasteiger partial charge in [0.05, 0.1) is 16.8 Å². The van der Waals surface area contributed by atoms with Crippen molar-refractivity contribution in [1.82, 2.24) is 14.5 Å². The van der Waals surface area contributed by atoms with E-state index in [9.17, 15) is 14.7 Å². The lowest BCUT2D eigenvalue weighted by Crippen LogP contribution is -2.27. The number of hydrogen-bond donors (Lipinski definition) is 1. The van der Waals surface area contributed by atoms with Crippen molar-refractivity contribution in [2.45, 2.75) is 33.2 Å². The average molecular weight is 369 g/mol. The minimum atomic E-state index is -1.03. The minimum absolute atomic E-state index is 0.168. The molecule has 7 heteroatoms. The summed E-state index contributed by atoms with van der Waals surface area (Å²) < 4.78 is 1.55. The Hall–Kier alpha value is -2.80. The minimum Gasteiger partial charge on any atom is -0.478 e. The van der Waals surface area contributed by atoms with E-state index in [1.807, 2.05) is 26.0 Å². The fourth-order valence-corrected chi connectivity index (χ4v) is 3.76. The summed E-state index contributed by atoms with van der Waals surface area (Å²) in [4.78, 5) is 33.2. The van der Waals surface area contributed by atoms with Crippen LogP contribution in [-0.2, 0) is 13.0 Å². The normalized spacial score (nSPS) is 10.8. The van der Waals surface area contributed by atoms with E-state index in [1.54, 1.807) is 22.3 Å². The van der Waals surface area contributed by atoms with E-state index in [4.69, 9.17) is 0 Å². The van der Waals surface area contributed by atoms with E-state index in [1.165, 1.54) is 17.4 Å². The van der Waals surface area contributed by atoms with Gasteiger partial charge in [0.1, 0.15) is 5.01 Å². The molecule has 3 aromatic heterocycles. The van der Waals surface area contributed by atoms with Gasteiger partial charge in [-0.05, 0) is 31.5 Å². The standard InChI is InChI=1S/C19H19N3O3S/c1-3-5-16-14(19(24)25)10-13(18(23)22(16)4-2)15-11-26-17(21-15)12-6-8-20-9-7-12/h6-11H,3-5H2,1-2H3,(H,24,25). The van der Waals surface area contributed by atoms with Crippen LogP contribution in [-0.4, -0.2) is 25.6 Å². The first-order valence-corrected chi connectivity index (χ1v) is 9.31. The van der Waals surface area contributed by atoms with Crippen molar-refractivity contribution < 1.29 is 9.90 Å². The maximum Gasteiger partial charge on any atom is 0.337 e. The van der Waals surface area contributed by atoms with Crippen molar-refractivity contribution in [2.75, 3.05) is 0 Å². The van der Waals surface area contributed by atoms with E-state index >= 15 is 0 Å². The molecule has 0 saturated heterocycles. The molecule has 0 aliphatic rings. The number of aromatic carboxylic acids is 1. The summed E-state index contributed by atoms with van der Waals surface area (Å²) in [5.74, 6) is -1.03. The fraction of sp³-hybridized carbons (Fsp3) is 0.263. The molecule has 0 aromatic carbocycles. The molecule has 0 unspecified atom stereocenters. The number of aromatic nitrogens is 3. The topological polar surface area (TPSA) is 85.1 Å². The van der Waals surface area contributed by atoms with Crippen molar-refractivity contribution in [2.24, 2.45) is 0 Å². The highest BCUT2D eigenvalue weighted by molar-refractivity contribution is 7.13. The first-order chi connectivity index (χ1) is 12.6. The van der Waals surface area contributed by atoms with Gasteiger partial charge in [-0.3, -0.25) is 9.78 Å². The van der Waals surface area contributed by atoms with Crippen LogP contribution in [0.3, 0.4) is 0 Å². The molecule has 0 atom stereocenters. The van der Waals surface area contributed by atoms with E-state index in [-0.39, 0.29) is 11.1 Å². The molecule has 1 N–H and O–H groups in total. The highest BCUT2D eigenvalue weighted by Crippen LogP contribution is 2.28. The number of carbonyl (C=O) groups is 1. The predicted molar refractivity (Wildman–Crippen MR) is 102 cm³/mol. The number of thiazole rings is 1. The van der Waals surface area contributed by atoms with Gasteiger partial charge in [0.25, 0.3) is 5.56 Å². The van der Waals surface area contributed by atoms with E-state index in [0.717, 1.165) is 17.0 Å². The van der Waals surface area contributed by atoms with Crippen molar-refractivity contribution in [1.29, 1.82) is 0 Å². The predicted octanol–water partition coefficient (Wildman–Crippen LogP) is 3.70. The summed E-state index contributed by atoms with van der Waals surface area (Å²) >= 11 is 1.41. The molecule has 134 valence electrons. The van der Waals surface area contributed by atoms with Gasteiger partial charge in [-0.25, -0.2) is 9.78 Å². The molecule has 3 heterocycles. The third kappa shape index (κ3) is 3.30. The highest BCUT2D eigenvalue weighted by atomic mass is 32.1. The van der Waals surface area contributed by atoms with Gasteiger partial charge in [0.15, 0.2) is 0 Å². The second-order valence-corrected chi connectivity index (χ2v) is 6.65. The molecule has 0 saturated carbocycles. The molecular formula is C19H19N3O3S. The number of rotatable bonds is 6. The SMILES string of the molecule is CCCc1c(C(=O)O)cc(-c2csc(-c3ccncc3)n2)c(=O)n1CC. The second kappa shape index (κ2) is 7.61. The van der Waals surface area contributed by atoms with Gasteiger partial charge in [0.2, 0.25) is 0 Å². The van der Waals surface area contributed by atoms with Crippen LogP contribution in [0.1, 0.15) is 36.3 Å². The molecule has 0 amide bonds. The van der Waals surface area contributed by atoms with Crippen molar-refractivity contribution in [3.63, 3.8) is 0 Å². The van der Waals surface area contributed by atoms with Crippen LogP contribution < -0.4 is 5.56 Å². The van der Waals surface area contributed by atoms with E-state index in [0.29, 0.717) is 29.9 Å². The number of nitrogens with zero attached hydrogens (tertiary/aromatic N) is 3. The Bertz CT molecular complexity index is 993. The zero-order chi connectivity index (χ0) is 18.7. The molecular weight excluding hydrogens is 350 g/mol. The van der Waals surface area contributed by atoms with Gasteiger partial charge in [-0.1, -0.05) is 13.3 Å². The molecule has 0 fully saturated rings. The van der Waals surface area contributed by atoms with Crippen molar-refractivity contribution in [3.8, 4) is 21.8 Å². The number of pyridine rings is 2. The molecule has 0 radical (unpaired) electrons. The smallest absolute Gasteiger partial charge is 0.337 e. The van der Waals surface area contributed by atoms with Crippen LogP contribution in [0.15, 0.2) is 40.8 Å². The molecule has 0 spiro atoms. The summed E-state index contributed by atoms with van der Waals surface area (Å²) in [7, 11) is 0. The molecule has 26 heavy (non-hydrogen) atoms. The first-order valence-electron chi connectivity index (χ1n) is 8.43. The summed E-state index contributed by atoms with van der Waals surface area (Å²) in [6, 6.07) is 5.16. The van der Waals surface area contributed by atoms with Gasteiger partial charge < -0.3 is 9.67 Å². The Balaban J connectivity index is 2.17. The Morgan fingerprint density at radius 2 is 2.00 bits per heavy atom. The zero-order valence-electron chi connectivity index (χ0n) is 14.6. The van der Waals surface area contributed by atoms with Crippen LogP contribution in [0.25, 0.3) is 21.8 Å². The Morgan fingerprint density at radius 1 is 1.27 bits per heavy atom. The van der Waals surface area contributed by atoms with Gasteiger partial charge in [-0.2, -0.15) is 0 Å². The largest absolute Gasteiger partial charge is 0.478 e. The summed E-state index contributed by atoms with van der Waals surface area (Å²) in [5.41, 5.74) is 2.27. The van der Waals surface area contributed by atoms with Crippen LogP contribution in [0.4, 0.5) is 0 Å². The average Bonchev–Trinajstić information content (AvgIpc) is 3.13. The number of carboxylic acids is 1. The lowest BCUT2D eigenvalue weighted by Gasteiger charge is -2.15.